The summed E-state index contributed by atoms with van der Waals surface area (Å²) >= 11 is 0. The Labute approximate surface area is 119 Å². The highest BCUT2D eigenvalue weighted by Crippen LogP contribution is 2.03. The second-order valence-electron chi connectivity index (χ2n) is 6.13. The summed E-state index contributed by atoms with van der Waals surface area (Å²) in [6.45, 7) is 16.2. The van der Waals surface area contributed by atoms with E-state index in [-0.39, 0.29) is 5.91 Å². The van der Waals surface area contributed by atoms with Crippen LogP contribution in [-0.2, 0) is 4.79 Å². The molecule has 0 heterocycles. The Morgan fingerprint density at radius 1 is 1.00 bits per heavy atom. The van der Waals surface area contributed by atoms with Gasteiger partial charge in [0.25, 0.3) is 0 Å². The molecular formula is C15H33N3O. The molecule has 19 heavy (non-hydrogen) atoms. The number of nitrogens with zero attached hydrogens (tertiary/aromatic N) is 1. The van der Waals surface area contributed by atoms with Gasteiger partial charge < -0.3 is 10.6 Å². The fourth-order valence-electron chi connectivity index (χ4n) is 2.09. The van der Waals surface area contributed by atoms with Gasteiger partial charge in [-0.3, -0.25) is 9.69 Å². The van der Waals surface area contributed by atoms with E-state index in [9.17, 15) is 4.79 Å². The van der Waals surface area contributed by atoms with E-state index in [4.69, 9.17) is 0 Å². The van der Waals surface area contributed by atoms with E-state index in [1.807, 2.05) is 0 Å². The minimum absolute atomic E-state index is 0.0984. The first-order valence-electron chi connectivity index (χ1n) is 7.57. The second kappa shape index (κ2) is 10.2. The molecule has 0 saturated heterocycles. The van der Waals surface area contributed by atoms with Crippen LogP contribution in [0.4, 0.5) is 0 Å². The summed E-state index contributed by atoms with van der Waals surface area (Å²) in [6.07, 6.45) is 1.04. The van der Waals surface area contributed by atoms with Crippen LogP contribution in [0.5, 0.6) is 0 Å². The quantitative estimate of drug-likeness (QED) is 0.596. The normalized spacial score (nSPS) is 11.9. The van der Waals surface area contributed by atoms with Gasteiger partial charge in [-0.05, 0) is 40.0 Å². The van der Waals surface area contributed by atoms with Crippen molar-refractivity contribution in [2.45, 2.75) is 60.0 Å². The van der Waals surface area contributed by atoms with Gasteiger partial charge in [0.2, 0.25) is 5.91 Å². The largest absolute Gasteiger partial charge is 0.355 e. The van der Waals surface area contributed by atoms with Crippen LogP contribution in [0.15, 0.2) is 0 Å². The zero-order chi connectivity index (χ0) is 14.8. The molecule has 0 aromatic heterocycles. The van der Waals surface area contributed by atoms with Crippen LogP contribution in [0.3, 0.4) is 0 Å². The van der Waals surface area contributed by atoms with Crippen molar-refractivity contribution in [3.63, 3.8) is 0 Å². The number of rotatable bonds is 10. The summed E-state index contributed by atoms with van der Waals surface area (Å²) in [5, 5.41) is 6.14. The van der Waals surface area contributed by atoms with E-state index in [0.717, 1.165) is 26.1 Å². The maximum Gasteiger partial charge on any atom is 0.233 e. The van der Waals surface area contributed by atoms with Crippen LogP contribution in [0.1, 0.15) is 48.0 Å². The fourth-order valence-corrected chi connectivity index (χ4v) is 2.09. The fraction of sp³-hybridized carbons (Fsp3) is 0.933. The SMILES string of the molecule is CC(C)CCNC(=O)CNCCN(C(C)C)C(C)C. The molecule has 114 valence electrons. The van der Waals surface area contributed by atoms with Crippen LogP contribution < -0.4 is 10.6 Å². The van der Waals surface area contributed by atoms with Gasteiger partial charge >= 0.3 is 0 Å². The van der Waals surface area contributed by atoms with Crippen molar-refractivity contribution >= 4 is 5.91 Å². The van der Waals surface area contributed by atoms with Crippen molar-refractivity contribution in [2.75, 3.05) is 26.2 Å². The minimum Gasteiger partial charge on any atom is -0.355 e. The first-order chi connectivity index (χ1) is 8.84. The van der Waals surface area contributed by atoms with Gasteiger partial charge in [-0.1, -0.05) is 13.8 Å². The summed E-state index contributed by atoms with van der Waals surface area (Å²) in [5.74, 6) is 0.736. The first kappa shape index (κ1) is 18.4. The van der Waals surface area contributed by atoms with Crippen molar-refractivity contribution in [2.24, 2.45) is 5.92 Å². The van der Waals surface area contributed by atoms with E-state index in [1.165, 1.54) is 0 Å². The third kappa shape index (κ3) is 9.91. The Morgan fingerprint density at radius 3 is 2.05 bits per heavy atom. The molecule has 0 aliphatic rings. The van der Waals surface area contributed by atoms with Gasteiger partial charge in [0.05, 0.1) is 6.54 Å². The first-order valence-corrected chi connectivity index (χ1v) is 7.57. The number of amides is 1. The van der Waals surface area contributed by atoms with E-state index >= 15 is 0 Å². The molecule has 0 fully saturated rings. The molecule has 0 aromatic rings. The molecule has 0 rings (SSSR count). The van der Waals surface area contributed by atoms with Crippen LogP contribution >= 0.6 is 0 Å². The van der Waals surface area contributed by atoms with Gasteiger partial charge in [-0.2, -0.15) is 0 Å². The van der Waals surface area contributed by atoms with Crippen molar-refractivity contribution in [1.82, 2.24) is 15.5 Å². The highest BCUT2D eigenvalue weighted by molar-refractivity contribution is 5.77. The monoisotopic (exact) mass is 271 g/mol. The summed E-state index contributed by atoms with van der Waals surface area (Å²) in [6, 6.07) is 1.09. The smallest absolute Gasteiger partial charge is 0.233 e. The molecular weight excluding hydrogens is 238 g/mol. The Hall–Kier alpha value is -0.610. The maximum absolute atomic E-state index is 11.5. The Kier molecular flexibility index (Phi) is 9.88. The third-order valence-electron chi connectivity index (χ3n) is 3.20. The van der Waals surface area contributed by atoms with E-state index in [0.29, 0.717) is 24.5 Å². The maximum atomic E-state index is 11.5. The zero-order valence-electron chi connectivity index (χ0n) is 13.6. The lowest BCUT2D eigenvalue weighted by atomic mass is 10.1. The van der Waals surface area contributed by atoms with Gasteiger partial charge in [0.15, 0.2) is 0 Å². The van der Waals surface area contributed by atoms with Gasteiger partial charge in [-0.15, -0.1) is 0 Å². The number of carbonyl (C=O) groups excluding carboxylic acids is 1. The molecule has 0 aliphatic heterocycles. The lowest BCUT2D eigenvalue weighted by Crippen LogP contribution is -2.43. The average molecular weight is 271 g/mol. The molecule has 0 saturated carbocycles. The number of nitrogens with one attached hydrogen (secondary N) is 2. The average Bonchev–Trinajstić information content (AvgIpc) is 2.27. The van der Waals surface area contributed by atoms with Crippen LogP contribution in [-0.4, -0.2) is 49.1 Å². The lowest BCUT2D eigenvalue weighted by Gasteiger charge is -2.30. The molecule has 4 heteroatoms. The molecule has 0 spiro atoms. The predicted molar refractivity (Wildman–Crippen MR) is 82.3 cm³/mol. The van der Waals surface area contributed by atoms with E-state index < -0.39 is 0 Å². The molecule has 0 atom stereocenters. The predicted octanol–water partition coefficient (Wildman–Crippen LogP) is 1.86. The topological polar surface area (TPSA) is 44.4 Å². The van der Waals surface area contributed by atoms with Crippen molar-refractivity contribution in [3.05, 3.63) is 0 Å². The summed E-state index contributed by atoms with van der Waals surface area (Å²) < 4.78 is 0. The third-order valence-corrected chi connectivity index (χ3v) is 3.20. The Morgan fingerprint density at radius 2 is 1.58 bits per heavy atom. The standard InChI is InChI=1S/C15H33N3O/c1-12(2)7-8-17-15(19)11-16-9-10-18(13(3)4)14(5)6/h12-14,16H,7-11H2,1-6H3,(H,17,19). The molecule has 0 aromatic carbocycles. The van der Waals surface area contributed by atoms with Crippen molar-refractivity contribution in [3.8, 4) is 0 Å². The molecule has 4 nitrogen and oxygen atoms in total. The number of hydrogen-bond donors (Lipinski definition) is 2. The Balaban J connectivity index is 3.64. The number of carbonyl (C=O) groups is 1. The van der Waals surface area contributed by atoms with Crippen LogP contribution in [0.2, 0.25) is 0 Å². The van der Waals surface area contributed by atoms with Crippen LogP contribution in [0.25, 0.3) is 0 Å². The lowest BCUT2D eigenvalue weighted by molar-refractivity contribution is -0.120. The summed E-state index contributed by atoms with van der Waals surface area (Å²) in [4.78, 5) is 14.0. The van der Waals surface area contributed by atoms with Gasteiger partial charge in [0, 0.05) is 31.7 Å². The molecule has 1 amide bonds. The van der Waals surface area contributed by atoms with Gasteiger partial charge in [-0.25, -0.2) is 0 Å². The number of hydrogen-bond acceptors (Lipinski definition) is 3. The summed E-state index contributed by atoms with van der Waals surface area (Å²) in [7, 11) is 0. The minimum atomic E-state index is 0.0984. The molecule has 0 unspecified atom stereocenters. The zero-order valence-corrected chi connectivity index (χ0v) is 13.6. The highest BCUT2D eigenvalue weighted by Gasteiger charge is 2.12. The molecule has 0 bridgehead atoms. The van der Waals surface area contributed by atoms with Crippen molar-refractivity contribution < 1.29 is 4.79 Å². The van der Waals surface area contributed by atoms with Crippen molar-refractivity contribution in [1.29, 1.82) is 0 Å². The molecule has 0 aliphatic carbocycles. The second-order valence-corrected chi connectivity index (χ2v) is 6.13. The van der Waals surface area contributed by atoms with E-state index in [2.05, 4.69) is 57.1 Å². The van der Waals surface area contributed by atoms with E-state index in [1.54, 1.807) is 0 Å². The van der Waals surface area contributed by atoms with Gasteiger partial charge in [0.1, 0.15) is 0 Å². The Bertz CT molecular complexity index is 232. The van der Waals surface area contributed by atoms with Crippen LogP contribution in [0, 0.1) is 5.92 Å². The summed E-state index contributed by atoms with van der Waals surface area (Å²) in [5.41, 5.74) is 0. The molecule has 0 radical (unpaired) electrons. The highest BCUT2D eigenvalue weighted by atomic mass is 16.1. The molecule has 2 N–H and O–H groups in total.